The van der Waals surface area contributed by atoms with Crippen LogP contribution >= 0.6 is 11.6 Å². The fourth-order valence-electron chi connectivity index (χ4n) is 1.61. The van der Waals surface area contributed by atoms with Gasteiger partial charge in [0.2, 0.25) is 5.24 Å². The average Bonchev–Trinajstić information content (AvgIpc) is 2.21. The average molecular weight is 234 g/mol. The van der Waals surface area contributed by atoms with Crippen molar-refractivity contribution in [3.63, 3.8) is 0 Å². The molecule has 2 nitrogen and oxygen atoms in total. The van der Waals surface area contributed by atoms with Gasteiger partial charge in [-0.1, -0.05) is 58.3 Å². The Bertz CT molecular complexity index is 162. The standard InChI is InChI=1S/C12H24ClNO/c1-2-3-4-5-6-7-8-9-10-11(14)12(13)15/h11H,2-10,14H2,1H3. The van der Waals surface area contributed by atoms with E-state index in [-0.39, 0.29) is 0 Å². The zero-order valence-corrected chi connectivity index (χ0v) is 10.6. The Morgan fingerprint density at radius 2 is 1.53 bits per heavy atom. The van der Waals surface area contributed by atoms with Crippen molar-refractivity contribution in [3.05, 3.63) is 0 Å². The minimum atomic E-state index is -0.452. The van der Waals surface area contributed by atoms with Gasteiger partial charge in [0.15, 0.2) is 0 Å². The first-order valence-electron chi connectivity index (χ1n) is 6.13. The van der Waals surface area contributed by atoms with E-state index in [4.69, 9.17) is 17.3 Å². The summed E-state index contributed by atoms with van der Waals surface area (Å²) in [5, 5.41) is -0.405. The van der Waals surface area contributed by atoms with E-state index < -0.39 is 11.3 Å². The maximum atomic E-state index is 10.6. The van der Waals surface area contributed by atoms with E-state index in [1.165, 1.54) is 44.9 Å². The molecule has 15 heavy (non-hydrogen) atoms. The second-order valence-electron chi connectivity index (χ2n) is 4.17. The first kappa shape index (κ1) is 14.9. The van der Waals surface area contributed by atoms with E-state index in [9.17, 15) is 4.79 Å². The molecule has 0 radical (unpaired) electrons. The molecule has 0 aliphatic rings. The monoisotopic (exact) mass is 233 g/mol. The van der Waals surface area contributed by atoms with Crippen LogP contribution in [-0.2, 0) is 4.79 Å². The molecule has 0 aliphatic heterocycles. The lowest BCUT2D eigenvalue weighted by Gasteiger charge is -2.05. The Balaban J connectivity index is 3.08. The van der Waals surface area contributed by atoms with Crippen LogP contribution < -0.4 is 5.73 Å². The summed E-state index contributed by atoms with van der Waals surface area (Å²) in [5.41, 5.74) is 5.52. The van der Waals surface area contributed by atoms with E-state index in [1.807, 2.05) is 0 Å². The molecule has 0 heterocycles. The molecule has 0 bridgehead atoms. The van der Waals surface area contributed by atoms with Gasteiger partial charge in [-0.2, -0.15) is 0 Å². The molecule has 0 fully saturated rings. The predicted octanol–water partition coefficient (Wildman–Crippen LogP) is 3.61. The number of carbonyl (C=O) groups is 1. The molecule has 0 rings (SSSR count). The first-order chi connectivity index (χ1) is 7.18. The van der Waals surface area contributed by atoms with Gasteiger partial charge >= 0.3 is 0 Å². The third kappa shape index (κ3) is 10.2. The summed E-state index contributed by atoms with van der Waals surface area (Å²) >= 11 is 5.26. The maximum Gasteiger partial charge on any atom is 0.238 e. The van der Waals surface area contributed by atoms with Crippen molar-refractivity contribution < 1.29 is 4.79 Å². The van der Waals surface area contributed by atoms with Crippen LogP contribution in [0.1, 0.15) is 64.7 Å². The van der Waals surface area contributed by atoms with Crippen molar-refractivity contribution in [2.24, 2.45) is 5.73 Å². The third-order valence-corrected chi connectivity index (χ3v) is 2.94. The molecule has 0 saturated heterocycles. The molecular weight excluding hydrogens is 210 g/mol. The topological polar surface area (TPSA) is 43.1 Å². The van der Waals surface area contributed by atoms with Crippen molar-refractivity contribution in [2.75, 3.05) is 0 Å². The Kier molecular flexibility index (Phi) is 10.4. The lowest BCUT2D eigenvalue weighted by Crippen LogP contribution is -2.26. The van der Waals surface area contributed by atoms with Crippen LogP contribution in [-0.4, -0.2) is 11.3 Å². The van der Waals surface area contributed by atoms with E-state index in [2.05, 4.69) is 6.92 Å². The summed E-state index contributed by atoms with van der Waals surface area (Å²) in [6.07, 6.45) is 10.8. The highest BCUT2D eigenvalue weighted by Gasteiger charge is 2.08. The van der Waals surface area contributed by atoms with Gasteiger partial charge in [-0.15, -0.1) is 0 Å². The molecule has 0 aromatic heterocycles. The van der Waals surface area contributed by atoms with Crippen molar-refractivity contribution in [2.45, 2.75) is 70.8 Å². The largest absolute Gasteiger partial charge is 0.320 e. The zero-order chi connectivity index (χ0) is 11.5. The molecule has 3 heteroatoms. The van der Waals surface area contributed by atoms with Gasteiger partial charge in [0.05, 0.1) is 6.04 Å². The van der Waals surface area contributed by atoms with E-state index >= 15 is 0 Å². The number of hydrogen-bond acceptors (Lipinski definition) is 2. The van der Waals surface area contributed by atoms with Crippen molar-refractivity contribution in [3.8, 4) is 0 Å². The van der Waals surface area contributed by atoms with Gasteiger partial charge in [-0.05, 0) is 18.0 Å². The van der Waals surface area contributed by atoms with Gasteiger partial charge in [0, 0.05) is 0 Å². The van der Waals surface area contributed by atoms with Crippen LogP contribution in [0.3, 0.4) is 0 Å². The van der Waals surface area contributed by atoms with Crippen LogP contribution in [0.5, 0.6) is 0 Å². The quantitative estimate of drug-likeness (QED) is 0.463. The molecule has 1 atom stereocenters. The van der Waals surface area contributed by atoms with Crippen molar-refractivity contribution in [1.29, 1.82) is 0 Å². The summed E-state index contributed by atoms with van der Waals surface area (Å²) in [6.45, 7) is 2.23. The minimum Gasteiger partial charge on any atom is -0.320 e. The van der Waals surface area contributed by atoms with Gasteiger partial charge in [0.25, 0.3) is 0 Å². The van der Waals surface area contributed by atoms with E-state index in [1.54, 1.807) is 0 Å². The second kappa shape index (κ2) is 10.4. The number of nitrogens with two attached hydrogens (primary N) is 1. The number of rotatable bonds is 10. The van der Waals surface area contributed by atoms with Crippen LogP contribution in [0.25, 0.3) is 0 Å². The SMILES string of the molecule is CCCCCCCCCCC(N)C(=O)Cl. The zero-order valence-electron chi connectivity index (χ0n) is 9.80. The van der Waals surface area contributed by atoms with Gasteiger partial charge < -0.3 is 5.73 Å². The Morgan fingerprint density at radius 1 is 1.07 bits per heavy atom. The smallest absolute Gasteiger partial charge is 0.238 e. The summed E-state index contributed by atoms with van der Waals surface area (Å²) in [4.78, 5) is 10.6. The van der Waals surface area contributed by atoms with E-state index in [0.717, 1.165) is 12.8 Å². The molecular formula is C12H24ClNO. The normalized spacial score (nSPS) is 12.7. The lowest BCUT2D eigenvalue weighted by atomic mass is 10.1. The number of unbranched alkanes of at least 4 members (excludes halogenated alkanes) is 7. The Hall–Kier alpha value is -0.0800. The molecule has 2 N–H and O–H groups in total. The first-order valence-corrected chi connectivity index (χ1v) is 6.51. The molecule has 0 amide bonds. The minimum absolute atomic E-state index is 0.405. The molecule has 0 aliphatic carbocycles. The Labute approximate surface area is 98.6 Å². The number of hydrogen-bond donors (Lipinski definition) is 1. The molecule has 90 valence electrons. The molecule has 0 aromatic carbocycles. The lowest BCUT2D eigenvalue weighted by molar-refractivity contribution is -0.112. The van der Waals surface area contributed by atoms with Crippen molar-refractivity contribution in [1.82, 2.24) is 0 Å². The molecule has 0 saturated carbocycles. The maximum absolute atomic E-state index is 10.6. The highest BCUT2D eigenvalue weighted by molar-refractivity contribution is 6.64. The van der Waals surface area contributed by atoms with Crippen LogP contribution in [0.2, 0.25) is 0 Å². The van der Waals surface area contributed by atoms with Crippen LogP contribution in [0.15, 0.2) is 0 Å². The van der Waals surface area contributed by atoms with Gasteiger partial charge in [-0.3, -0.25) is 4.79 Å². The predicted molar refractivity (Wildman–Crippen MR) is 66.1 cm³/mol. The Morgan fingerprint density at radius 3 is 2.00 bits per heavy atom. The highest BCUT2D eigenvalue weighted by Crippen LogP contribution is 2.10. The molecule has 1 unspecified atom stereocenters. The van der Waals surface area contributed by atoms with Gasteiger partial charge in [-0.25, -0.2) is 0 Å². The summed E-state index contributed by atoms with van der Waals surface area (Å²) < 4.78 is 0. The van der Waals surface area contributed by atoms with Crippen LogP contribution in [0, 0.1) is 0 Å². The fourth-order valence-corrected chi connectivity index (χ4v) is 1.72. The van der Waals surface area contributed by atoms with Crippen LogP contribution in [0.4, 0.5) is 0 Å². The third-order valence-electron chi connectivity index (χ3n) is 2.66. The summed E-state index contributed by atoms with van der Waals surface area (Å²) in [7, 11) is 0. The van der Waals surface area contributed by atoms with Gasteiger partial charge in [0.1, 0.15) is 0 Å². The highest BCUT2D eigenvalue weighted by atomic mass is 35.5. The number of halogens is 1. The molecule has 0 aromatic rings. The second-order valence-corrected chi connectivity index (χ2v) is 4.55. The number of carbonyl (C=O) groups excluding carboxylic acids is 1. The summed E-state index contributed by atoms with van der Waals surface area (Å²) in [5.74, 6) is 0. The van der Waals surface area contributed by atoms with E-state index in [0.29, 0.717) is 0 Å². The molecule has 0 spiro atoms. The summed E-state index contributed by atoms with van der Waals surface area (Å²) in [6, 6.07) is -0.452. The fraction of sp³-hybridized carbons (Fsp3) is 0.917. The van der Waals surface area contributed by atoms with Crippen molar-refractivity contribution >= 4 is 16.8 Å².